The van der Waals surface area contributed by atoms with Gasteiger partial charge in [-0.2, -0.15) is 11.3 Å². The Labute approximate surface area is 181 Å². The number of hydrogen-bond acceptors (Lipinski definition) is 4. The van der Waals surface area contributed by atoms with Gasteiger partial charge in [0.2, 0.25) is 10.0 Å². The molecule has 0 bridgehead atoms. The number of carbonyl (C=O) groups excluding carboxylic acids is 1. The van der Waals surface area contributed by atoms with Crippen molar-refractivity contribution in [1.82, 2.24) is 9.62 Å². The van der Waals surface area contributed by atoms with Crippen LogP contribution in [0.2, 0.25) is 0 Å². The summed E-state index contributed by atoms with van der Waals surface area (Å²) in [4.78, 5) is 15.2. The molecule has 0 radical (unpaired) electrons. The minimum absolute atomic E-state index is 0.0568. The van der Waals surface area contributed by atoms with Crippen molar-refractivity contribution in [2.45, 2.75) is 37.2 Å². The van der Waals surface area contributed by atoms with E-state index in [0.29, 0.717) is 17.7 Å². The number of sulfonamides is 1. The summed E-state index contributed by atoms with van der Waals surface area (Å²) in [7, 11) is -3.74. The standard InChI is InChI=1S/C23H24N2O3S2/c1-17-9-10-19(23(26)25-12-5-8-21(25)20-11-13-29-16-20)14-22(17)30(27,28)24-15-18-6-3-2-4-7-18/h2-4,6-7,9-11,13-14,16,21,24H,5,8,12,15H2,1H3. The van der Waals surface area contributed by atoms with Crippen LogP contribution in [0.4, 0.5) is 0 Å². The van der Waals surface area contributed by atoms with Crippen LogP contribution in [0, 0.1) is 6.92 Å². The van der Waals surface area contributed by atoms with Gasteiger partial charge in [0, 0.05) is 18.7 Å². The molecule has 1 fully saturated rings. The van der Waals surface area contributed by atoms with Crippen molar-refractivity contribution in [2.24, 2.45) is 0 Å². The molecule has 0 aliphatic carbocycles. The van der Waals surface area contributed by atoms with Crippen LogP contribution in [0.25, 0.3) is 0 Å². The van der Waals surface area contributed by atoms with Gasteiger partial charge in [-0.25, -0.2) is 13.1 Å². The Bertz CT molecular complexity index is 1130. The summed E-state index contributed by atoms with van der Waals surface area (Å²) >= 11 is 1.62. The average molecular weight is 441 g/mol. The monoisotopic (exact) mass is 440 g/mol. The lowest BCUT2D eigenvalue weighted by Gasteiger charge is -2.24. The summed E-state index contributed by atoms with van der Waals surface area (Å²) in [6.07, 6.45) is 1.88. The Balaban J connectivity index is 1.57. The first-order chi connectivity index (χ1) is 14.5. The van der Waals surface area contributed by atoms with E-state index in [1.807, 2.05) is 40.6 Å². The molecule has 2 aromatic carbocycles. The van der Waals surface area contributed by atoms with Crippen LogP contribution in [0.15, 0.2) is 70.3 Å². The van der Waals surface area contributed by atoms with E-state index >= 15 is 0 Å². The molecule has 156 valence electrons. The van der Waals surface area contributed by atoms with Gasteiger partial charge in [0.25, 0.3) is 5.91 Å². The summed E-state index contributed by atoms with van der Waals surface area (Å²) in [6, 6.07) is 16.4. The highest BCUT2D eigenvalue weighted by molar-refractivity contribution is 7.89. The summed E-state index contributed by atoms with van der Waals surface area (Å²) in [5, 5.41) is 4.10. The summed E-state index contributed by atoms with van der Waals surface area (Å²) < 4.78 is 28.5. The van der Waals surface area contributed by atoms with Gasteiger partial charge in [-0.1, -0.05) is 36.4 Å². The molecule has 5 nitrogen and oxygen atoms in total. The molecule has 0 spiro atoms. The molecule has 1 saturated heterocycles. The molecular weight excluding hydrogens is 416 g/mol. The fourth-order valence-electron chi connectivity index (χ4n) is 3.86. The maximum Gasteiger partial charge on any atom is 0.254 e. The predicted octanol–water partition coefficient (Wildman–Crippen LogP) is 4.51. The fraction of sp³-hybridized carbons (Fsp3) is 0.261. The fourth-order valence-corrected chi connectivity index (χ4v) is 5.85. The maximum atomic E-state index is 13.2. The number of thiophene rings is 1. The lowest BCUT2D eigenvalue weighted by atomic mass is 10.1. The van der Waals surface area contributed by atoms with Crippen molar-refractivity contribution >= 4 is 27.3 Å². The molecular formula is C23H24N2O3S2. The Morgan fingerprint density at radius 1 is 1.17 bits per heavy atom. The lowest BCUT2D eigenvalue weighted by Crippen LogP contribution is -2.31. The van der Waals surface area contributed by atoms with E-state index in [4.69, 9.17) is 0 Å². The van der Waals surface area contributed by atoms with Crippen LogP contribution in [0.5, 0.6) is 0 Å². The van der Waals surface area contributed by atoms with Crippen molar-refractivity contribution in [3.8, 4) is 0 Å². The Hall–Kier alpha value is -2.48. The van der Waals surface area contributed by atoms with Gasteiger partial charge >= 0.3 is 0 Å². The largest absolute Gasteiger partial charge is 0.332 e. The van der Waals surface area contributed by atoms with Crippen LogP contribution >= 0.6 is 11.3 Å². The molecule has 1 amide bonds. The number of nitrogens with one attached hydrogen (secondary N) is 1. The van der Waals surface area contributed by atoms with Crippen LogP contribution in [-0.2, 0) is 16.6 Å². The number of nitrogens with zero attached hydrogens (tertiary/aromatic N) is 1. The second-order valence-electron chi connectivity index (χ2n) is 7.50. The van der Waals surface area contributed by atoms with Crippen LogP contribution in [-0.4, -0.2) is 25.8 Å². The SMILES string of the molecule is Cc1ccc(C(=O)N2CCCC2c2ccsc2)cc1S(=O)(=O)NCc1ccccc1. The third-order valence-corrected chi connectivity index (χ3v) is 7.72. The first kappa shape index (κ1) is 20.8. The highest BCUT2D eigenvalue weighted by Crippen LogP contribution is 2.34. The first-order valence-corrected chi connectivity index (χ1v) is 12.4. The molecule has 1 unspecified atom stereocenters. The van der Waals surface area contributed by atoms with Gasteiger partial charge in [0.05, 0.1) is 10.9 Å². The summed E-state index contributed by atoms with van der Waals surface area (Å²) in [5.41, 5.74) is 3.04. The lowest BCUT2D eigenvalue weighted by molar-refractivity contribution is 0.0735. The number of rotatable bonds is 6. The molecule has 1 aliphatic heterocycles. The maximum absolute atomic E-state index is 13.2. The van der Waals surface area contributed by atoms with Crippen LogP contribution in [0.1, 0.15) is 45.9 Å². The first-order valence-electron chi connectivity index (χ1n) is 9.93. The minimum atomic E-state index is -3.74. The zero-order valence-electron chi connectivity index (χ0n) is 16.7. The molecule has 0 saturated carbocycles. The number of hydrogen-bond donors (Lipinski definition) is 1. The van der Waals surface area contributed by atoms with E-state index in [1.54, 1.807) is 30.4 Å². The molecule has 1 aliphatic rings. The molecule has 1 aromatic heterocycles. The van der Waals surface area contributed by atoms with Gasteiger partial charge in [-0.3, -0.25) is 4.79 Å². The molecule has 30 heavy (non-hydrogen) atoms. The van der Waals surface area contributed by atoms with Crippen molar-refractivity contribution in [2.75, 3.05) is 6.54 Å². The smallest absolute Gasteiger partial charge is 0.254 e. The van der Waals surface area contributed by atoms with Gasteiger partial charge in [-0.15, -0.1) is 0 Å². The Kier molecular flexibility index (Phi) is 6.04. The van der Waals surface area contributed by atoms with E-state index < -0.39 is 10.0 Å². The molecule has 3 aromatic rings. The van der Waals surface area contributed by atoms with E-state index in [9.17, 15) is 13.2 Å². The van der Waals surface area contributed by atoms with Crippen LogP contribution < -0.4 is 4.72 Å². The van der Waals surface area contributed by atoms with E-state index in [1.165, 1.54) is 6.07 Å². The van der Waals surface area contributed by atoms with E-state index in [-0.39, 0.29) is 23.4 Å². The predicted molar refractivity (Wildman–Crippen MR) is 119 cm³/mol. The van der Waals surface area contributed by atoms with Gasteiger partial charge in [-0.05, 0) is 65.4 Å². The Morgan fingerprint density at radius 2 is 1.97 bits per heavy atom. The number of amides is 1. The number of aryl methyl sites for hydroxylation is 1. The second kappa shape index (κ2) is 8.71. The van der Waals surface area contributed by atoms with Crippen molar-refractivity contribution in [1.29, 1.82) is 0 Å². The topological polar surface area (TPSA) is 66.5 Å². The number of likely N-dealkylation sites (tertiary alicyclic amines) is 1. The normalized spacial score (nSPS) is 16.7. The van der Waals surface area contributed by atoms with E-state index in [0.717, 1.165) is 24.0 Å². The molecule has 2 heterocycles. The van der Waals surface area contributed by atoms with Gasteiger partial charge < -0.3 is 4.90 Å². The number of carbonyl (C=O) groups is 1. The quantitative estimate of drug-likeness (QED) is 0.613. The zero-order valence-corrected chi connectivity index (χ0v) is 18.4. The minimum Gasteiger partial charge on any atom is -0.332 e. The van der Waals surface area contributed by atoms with Crippen LogP contribution in [0.3, 0.4) is 0 Å². The highest BCUT2D eigenvalue weighted by atomic mass is 32.2. The third-order valence-electron chi connectivity index (χ3n) is 5.48. The van der Waals surface area contributed by atoms with Gasteiger partial charge in [0.1, 0.15) is 0 Å². The molecule has 7 heteroatoms. The van der Waals surface area contributed by atoms with E-state index in [2.05, 4.69) is 16.2 Å². The van der Waals surface area contributed by atoms with Crippen molar-refractivity contribution in [3.63, 3.8) is 0 Å². The second-order valence-corrected chi connectivity index (χ2v) is 10.0. The highest BCUT2D eigenvalue weighted by Gasteiger charge is 2.31. The number of benzene rings is 2. The van der Waals surface area contributed by atoms with Crippen molar-refractivity contribution < 1.29 is 13.2 Å². The average Bonchev–Trinajstić information content (AvgIpc) is 3.44. The molecule has 1 atom stereocenters. The zero-order chi connectivity index (χ0) is 21.1. The Morgan fingerprint density at radius 3 is 2.70 bits per heavy atom. The molecule has 1 N–H and O–H groups in total. The summed E-state index contributed by atoms with van der Waals surface area (Å²) in [6.45, 7) is 2.63. The van der Waals surface area contributed by atoms with Gasteiger partial charge in [0.15, 0.2) is 0 Å². The third kappa shape index (κ3) is 4.33. The summed E-state index contributed by atoms with van der Waals surface area (Å²) in [5.74, 6) is -0.122. The molecule has 4 rings (SSSR count). The van der Waals surface area contributed by atoms with Crippen molar-refractivity contribution in [3.05, 3.63) is 87.6 Å².